The monoisotopic (exact) mass is 345 g/mol. The minimum absolute atomic E-state index is 0.0592. The lowest BCUT2D eigenvalue weighted by Crippen LogP contribution is -2.58. The zero-order chi connectivity index (χ0) is 17.4. The molecule has 0 aliphatic rings. The predicted molar refractivity (Wildman–Crippen MR) is 40.1 cm³/mol. The molecular weight excluding hydrogens is 342 g/mol. The van der Waals surface area contributed by atoms with Gasteiger partial charge in [0.15, 0.2) is 0 Å². The summed E-state index contributed by atoms with van der Waals surface area (Å²) < 4.78 is 150. The van der Waals surface area contributed by atoms with Crippen LogP contribution in [0.25, 0.3) is 0 Å². The van der Waals surface area contributed by atoms with Gasteiger partial charge in [0.2, 0.25) is 11.7 Å². The zero-order valence-corrected chi connectivity index (χ0v) is 9.39. The molecule has 0 bridgehead atoms. The van der Waals surface area contributed by atoms with Crippen LogP contribution < -0.4 is 0 Å². The van der Waals surface area contributed by atoms with Crippen LogP contribution in [0.1, 0.15) is 0 Å². The quantitative estimate of drug-likeness (QED) is 0.556. The molecule has 126 valence electrons. The van der Waals surface area contributed by atoms with Gasteiger partial charge >= 0.3 is 24.8 Å². The Morgan fingerprint density at radius 2 is 1.05 bits per heavy atom. The van der Waals surface area contributed by atoms with E-state index in [9.17, 15) is 52.7 Å². The third-order valence-corrected chi connectivity index (χ3v) is 1.76. The number of hydrogen-bond acceptors (Lipinski definition) is 2. The van der Waals surface area contributed by atoms with Crippen LogP contribution in [0.2, 0.25) is 0 Å². The lowest BCUT2D eigenvalue weighted by Gasteiger charge is -2.32. The van der Waals surface area contributed by atoms with Gasteiger partial charge in [-0.05, 0) is 0 Å². The fraction of sp³-hybridized carbons (Fsp3) is 0.714. The van der Waals surface area contributed by atoms with Crippen LogP contribution >= 0.6 is 0 Å². The molecule has 0 aliphatic heterocycles. The highest BCUT2D eigenvalue weighted by atomic mass is 19.4. The molecule has 0 rings (SSSR count). The summed E-state index contributed by atoms with van der Waals surface area (Å²) in [4.78, 5) is -3.67. The minimum atomic E-state index is -6.94. The maximum atomic E-state index is 12.8. The molecule has 0 saturated carbocycles. The molecule has 0 spiro atoms. The lowest BCUT2D eigenvalue weighted by molar-refractivity contribution is -0.434. The Morgan fingerprint density at radius 1 is 0.714 bits per heavy atom. The van der Waals surface area contributed by atoms with Crippen LogP contribution in [0.5, 0.6) is 0 Å². The first kappa shape index (κ1) is 19.8. The van der Waals surface area contributed by atoms with Gasteiger partial charge in [0.05, 0.1) is 0 Å². The number of methoxy groups -OCH3 is 1. The molecule has 0 saturated heterocycles. The average molecular weight is 345 g/mol. The van der Waals surface area contributed by atoms with Gasteiger partial charge < -0.3 is 4.74 Å². The lowest BCUT2D eigenvalue weighted by atomic mass is 10.3. The number of nitrogens with zero attached hydrogens (tertiary/aromatic N) is 1. The van der Waals surface area contributed by atoms with Gasteiger partial charge in [0.25, 0.3) is 0 Å². The Balaban J connectivity index is 6.11. The summed E-state index contributed by atoms with van der Waals surface area (Å²) in [5, 5.41) is 0. The largest absolute Gasteiger partial charge is 0.472 e. The van der Waals surface area contributed by atoms with E-state index in [0.717, 1.165) is 0 Å². The smallest absolute Gasteiger partial charge is 0.318 e. The predicted octanol–water partition coefficient (Wildman–Crippen LogP) is 4.31. The maximum absolute atomic E-state index is 12.8. The topological polar surface area (TPSA) is 12.5 Å². The molecule has 21 heavy (non-hydrogen) atoms. The van der Waals surface area contributed by atoms with Crippen molar-refractivity contribution in [2.75, 3.05) is 7.11 Å². The third kappa shape index (κ3) is 4.15. The van der Waals surface area contributed by atoms with Crippen LogP contribution in [0, 0.1) is 0 Å². The number of hydrogen-bond donors (Lipinski definition) is 0. The number of rotatable bonds is 4. The van der Waals surface area contributed by atoms with E-state index < -0.39 is 41.3 Å². The van der Waals surface area contributed by atoms with Gasteiger partial charge in [-0.2, -0.15) is 48.3 Å². The van der Waals surface area contributed by atoms with E-state index in [4.69, 9.17) is 0 Å². The second-order valence-electron chi connectivity index (χ2n) is 3.16. The third-order valence-electron chi connectivity index (χ3n) is 1.76. The highest BCUT2D eigenvalue weighted by molar-refractivity contribution is 5.14. The highest BCUT2D eigenvalue weighted by Gasteiger charge is 2.69. The van der Waals surface area contributed by atoms with Crippen LogP contribution in [-0.2, 0) is 4.74 Å². The second-order valence-corrected chi connectivity index (χ2v) is 3.16. The SMILES string of the molecule is COC(F)(F)C(F)=C(F)C(F)(F)N(C(F)(F)F)C(F)(F)F. The summed E-state index contributed by atoms with van der Waals surface area (Å²) in [7, 11) is -0.0592. The molecule has 0 atom stereocenters. The Morgan fingerprint density at radius 3 is 1.29 bits per heavy atom. The average Bonchev–Trinajstić information content (AvgIpc) is 2.21. The molecule has 14 heteroatoms. The summed E-state index contributed by atoms with van der Waals surface area (Å²) in [6.45, 7) is 0. The van der Waals surface area contributed by atoms with E-state index in [0.29, 0.717) is 0 Å². The molecule has 2 nitrogen and oxygen atoms in total. The summed E-state index contributed by atoms with van der Waals surface area (Å²) >= 11 is 0. The van der Waals surface area contributed by atoms with Crippen molar-refractivity contribution >= 4 is 0 Å². The van der Waals surface area contributed by atoms with Gasteiger partial charge in [0, 0.05) is 7.11 Å². The van der Waals surface area contributed by atoms with Crippen LogP contribution in [0.15, 0.2) is 11.7 Å². The van der Waals surface area contributed by atoms with Crippen molar-refractivity contribution in [3.05, 3.63) is 11.7 Å². The molecule has 0 aromatic rings. The van der Waals surface area contributed by atoms with E-state index in [-0.39, 0.29) is 7.11 Å². The molecule has 0 aromatic heterocycles. The minimum Gasteiger partial charge on any atom is -0.318 e. The Hall–Kier alpha value is -1.18. The van der Waals surface area contributed by atoms with Crippen LogP contribution in [0.4, 0.5) is 52.7 Å². The number of ether oxygens (including phenoxy) is 1. The molecule has 0 N–H and O–H groups in total. The van der Waals surface area contributed by atoms with Crippen LogP contribution in [0.3, 0.4) is 0 Å². The molecule has 0 fully saturated rings. The van der Waals surface area contributed by atoms with Gasteiger partial charge in [-0.25, -0.2) is 4.39 Å². The van der Waals surface area contributed by atoms with Gasteiger partial charge in [0.1, 0.15) is 0 Å². The number of alkyl halides is 10. The summed E-state index contributed by atoms with van der Waals surface area (Å²) in [5.74, 6) is -8.24. The Bertz CT molecular complexity index is 393. The first-order valence-electron chi connectivity index (χ1n) is 4.30. The van der Waals surface area contributed by atoms with Gasteiger partial charge in [-0.3, -0.25) is 0 Å². The Kier molecular flexibility index (Phi) is 5.24. The number of halogens is 12. The van der Waals surface area contributed by atoms with Crippen molar-refractivity contribution in [3.63, 3.8) is 0 Å². The standard InChI is InChI=1S/C7H3F12NO/c1-21-5(12,13)3(9)2(8)4(10,11)20(6(14,15)16)7(17,18)19/h1H3. The highest BCUT2D eigenvalue weighted by Crippen LogP contribution is 2.47. The summed E-state index contributed by atoms with van der Waals surface area (Å²) in [5.41, 5.74) is 0. The summed E-state index contributed by atoms with van der Waals surface area (Å²) in [6.07, 6.45) is -19.4. The van der Waals surface area contributed by atoms with E-state index >= 15 is 0 Å². The van der Waals surface area contributed by atoms with Crippen molar-refractivity contribution < 1.29 is 57.4 Å². The molecule has 0 aromatic carbocycles. The van der Waals surface area contributed by atoms with Gasteiger partial charge in [-0.15, -0.1) is 0 Å². The maximum Gasteiger partial charge on any atom is 0.472 e. The first-order chi connectivity index (χ1) is 8.99. The fourth-order valence-corrected chi connectivity index (χ4v) is 0.910. The molecule has 0 heterocycles. The molecular formula is C7H3F12NO. The van der Waals surface area contributed by atoms with Crippen LogP contribution in [-0.4, -0.2) is 36.8 Å². The van der Waals surface area contributed by atoms with Crippen molar-refractivity contribution in [1.82, 2.24) is 4.90 Å². The Labute approximate surface area is 107 Å². The normalized spacial score (nSPS) is 16.3. The second kappa shape index (κ2) is 5.55. The van der Waals surface area contributed by atoms with Crippen molar-refractivity contribution in [2.24, 2.45) is 0 Å². The molecule has 0 unspecified atom stereocenters. The molecule has 0 radical (unpaired) electrons. The van der Waals surface area contributed by atoms with E-state index in [1.165, 1.54) is 0 Å². The van der Waals surface area contributed by atoms with E-state index in [1.54, 1.807) is 0 Å². The van der Waals surface area contributed by atoms with Crippen molar-refractivity contribution in [3.8, 4) is 0 Å². The first-order valence-corrected chi connectivity index (χ1v) is 4.30. The zero-order valence-electron chi connectivity index (χ0n) is 9.39. The van der Waals surface area contributed by atoms with Crippen molar-refractivity contribution in [2.45, 2.75) is 24.8 Å². The fourth-order valence-electron chi connectivity index (χ4n) is 0.910. The van der Waals surface area contributed by atoms with E-state index in [1.807, 2.05) is 0 Å². The molecule has 0 aliphatic carbocycles. The molecule has 0 amide bonds. The van der Waals surface area contributed by atoms with E-state index in [2.05, 4.69) is 4.74 Å². The van der Waals surface area contributed by atoms with Gasteiger partial charge in [-0.1, -0.05) is 4.90 Å². The van der Waals surface area contributed by atoms with Crippen molar-refractivity contribution in [1.29, 1.82) is 0 Å². The summed E-state index contributed by atoms with van der Waals surface area (Å²) in [6, 6.07) is -6.82.